The lowest BCUT2D eigenvalue weighted by molar-refractivity contribution is -0.129. The maximum atomic E-state index is 12.4. The maximum Gasteiger partial charge on any atom is 0.236 e. The summed E-state index contributed by atoms with van der Waals surface area (Å²) in [5.41, 5.74) is 0.982. The molecule has 1 saturated heterocycles. The van der Waals surface area contributed by atoms with E-state index in [1.165, 1.54) is 0 Å². The molecule has 2 rings (SSSR count). The maximum absolute atomic E-state index is 12.4. The summed E-state index contributed by atoms with van der Waals surface area (Å²) in [6.07, 6.45) is 0. The molecule has 0 saturated carbocycles. The molecule has 0 bridgehead atoms. The van der Waals surface area contributed by atoms with Gasteiger partial charge in [-0.25, -0.2) is 0 Å². The smallest absolute Gasteiger partial charge is 0.236 e. The number of nitrogens with one attached hydrogen (secondary N) is 1. The van der Waals surface area contributed by atoms with Gasteiger partial charge in [-0.2, -0.15) is 0 Å². The minimum atomic E-state index is -0.0391. The predicted octanol–water partition coefficient (Wildman–Crippen LogP) is 1.89. The van der Waals surface area contributed by atoms with Crippen LogP contribution in [0.1, 0.15) is 17.9 Å². The second-order valence-electron chi connectivity index (χ2n) is 4.87. The summed E-state index contributed by atoms with van der Waals surface area (Å²) in [5.74, 6) is 1.72. The fraction of sp³-hybridized carbons (Fsp3) is 0.533. The molecule has 0 spiro atoms. The number of rotatable bonds is 6. The van der Waals surface area contributed by atoms with Crippen molar-refractivity contribution in [3.05, 3.63) is 23.8 Å². The van der Waals surface area contributed by atoms with Crippen LogP contribution in [0.3, 0.4) is 0 Å². The van der Waals surface area contributed by atoms with Crippen LogP contribution in [-0.2, 0) is 4.79 Å². The third kappa shape index (κ3) is 3.27. The van der Waals surface area contributed by atoms with Gasteiger partial charge >= 0.3 is 0 Å². The summed E-state index contributed by atoms with van der Waals surface area (Å²) in [5, 5.41) is 3.02. The standard InChI is InChI=1S/C15H22N2O3S/c1-10-14(18)17(8-7-16-2)15(21-10)12-9-11(19-3)5-6-13(12)20-4/h5-6,9-10,15-16H,7-8H2,1-4H3. The van der Waals surface area contributed by atoms with Crippen LogP contribution in [0.4, 0.5) is 0 Å². The van der Waals surface area contributed by atoms with Crippen molar-refractivity contribution in [2.45, 2.75) is 17.5 Å². The van der Waals surface area contributed by atoms with E-state index in [2.05, 4.69) is 5.32 Å². The van der Waals surface area contributed by atoms with Gasteiger partial charge in [0, 0.05) is 18.7 Å². The zero-order chi connectivity index (χ0) is 15.4. The van der Waals surface area contributed by atoms with Crippen LogP contribution in [0.5, 0.6) is 11.5 Å². The molecule has 1 fully saturated rings. The van der Waals surface area contributed by atoms with Crippen molar-refractivity contribution in [2.24, 2.45) is 0 Å². The predicted molar refractivity (Wildman–Crippen MR) is 85.0 cm³/mol. The lowest BCUT2D eigenvalue weighted by atomic mass is 10.1. The van der Waals surface area contributed by atoms with Crippen molar-refractivity contribution < 1.29 is 14.3 Å². The second kappa shape index (κ2) is 7.04. The number of thioether (sulfide) groups is 1. The van der Waals surface area contributed by atoms with Gasteiger partial charge in [-0.15, -0.1) is 11.8 Å². The van der Waals surface area contributed by atoms with Crippen LogP contribution >= 0.6 is 11.8 Å². The first kappa shape index (κ1) is 16.0. The van der Waals surface area contributed by atoms with Gasteiger partial charge in [0.05, 0.1) is 19.5 Å². The number of carbonyl (C=O) groups excluding carboxylic acids is 1. The lowest BCUT2D eigenvalue weighted by Crippen LogP contribution is -2.35. The van der Waals surface area contributed by atoms with Crippen LogP contribution in [-0.4, -0.2) is 50.4 Å². The summed E-state index contributed by atoms with van der Waals surface area (Å²) in [7, 11) is 5.17. The molecular formula is C15H22N2O3S. The second-order valence-corrected chi connectivity index (χ2v) is 6.30. The van der Waals surface area contributed by atoms with Gasteiger partial charge in [0.1, 0.15) is 16.9 Å². The van der Waals surface area contributed by atoms with Crippen LogP contribution in [0, 0.1) is 0 Å². The molecule has 116 valence electrons. The molecular weight excluding hydrogens is 288 g/mol. The van der Waals surface area contributed by atoms with Gasteiger partial charge in [0.15, 0.2) is 0 Å². The highest BCUT2D eigenvalue weighted by Gasteiger charge is 2.39. The number of amides is 1. The monoisotopic (exact) mass is 310 g/mol. The van der Waals surface area contributed by atoms with Gasteiger partial charge in [-0.1, -0.05) is 0 Å². The van der Waals surface area contributed by atoms with E-state index >= 15 is 0 Å². The number of likely N-dealkylation sites (N-methyl/N-ethyl adjacent to an activating group) is 1. The molecule has 0 radical (unpaired) electrons. The van der Waals surface area contributed by atoms with Crippen LogP contribution in [0.25, 0.3) is 0 Å². The van der Waals surface area contributed by atoms with Crippen molar-refractivity contribution >= 4 is 17.7 Å². The molecule has 5 nitrogen and oxygen atoms in total. The van der Waals surface area contributed by atoms with Crippen molar-refractivity contribution in [2.75, 3.05) is 34.4 Å². The summed E-state index contributed by atoms with van der Waals surface area (Å²) < 4.78 is 10.8. The quantitative estimate of drug-likeness (QED) is 0.869. The number of carbonyl (C=O) groups is 1. The summed E-state index contributed by atoms with van der Waals surface area (Å²) in [4.78, 5) is 14.3. The summed E-state index contributed by atoms with van der Waals surface area (Å²) in [6.45, 7) is 3.39. The number of benzene rings is 1. The van der Waals surface area contributed by atoms with E-state index < -0.39 is 0 Å². The molecule has 0 aromatic heterocycles. The molecule has 1 N–H and O–H groups in total. The Balaban J connectivity index is 2.35. The minimum Gasteiger partial charge on any atom is -0.497 e. The average Bonchev–Trinajstić information content (AvgIpc) is 2.79. The molecule has 0 aliphatic carbocycles. The van der Waals surface area contributed by atoms with E-state index in [0.717, 1.165) is 23.6 Å². The van der Waals surface area contributed by atoms with E-state index in [-0.39, 0.29) is 16.5 Å². The Morgan fingerprint density at radius 1 is 1.33 bits per heavy atom. The Bertz CT molecular complexity index is 510. The van der Waals surface area contributed by atoms with Crippen LogP contribution < -0.4 is 14.8 Å². The molecule has 1 aliphatic rings. The Kier molecular flexibility index (Phi) is 5.36. The molecule has 1 heterocycles. The van der Waals surface area contributed by atoms with Crippen LogP contribution in [0.15, 0.2) is 18.2 Å². The van der Waals surface area contributed by atoms with Gasteiger partial charge < -0.3 is 19.7 Å². The highest BCUT2D eigenvalue weighted by atomic mass is 32.2. The third-order valence-electron chi connectivity index (χ3n) is 3.55. The fourth-order valence-electron chi connectivity index (χ4n) is 2.41. The van der Waals surface area contributed by atoms with E-state index in [1.807, 2.05) is 37.1 Å². The highest BCUT2D eigenvalue weighted by molar-refractivity contribution is 8.01. The Hall–Kier alpha value is -1.40. The van der Waals surface area contributed by atoms with E-state index in [4.69, 9.17) is 9.47 Å². The molecule has 2 atom stereocenters. The summed E-state index contributed by atoms with van der Waals surface area (Å²) in [6, 6.07) is 5.71. The average molecular weight is 310 g/mol. The van der Waals surface area contributed by atoms with Gasteiger partial charge in [-0.05, 0) is 32.2 Å². The molecule has 2 unspecified atom stereocenters. The van der Waals surface area contributed by atoms with Gasteiger partial charge in [-0.3, -0.25) is 4.79 Å². The van der Waals surface area contributed by atoms with Crippen molar-refractivity contribution in [1.29, 1.82) is 0 Å². The number of ether oxygens (including phenoxy) is 2. The SMILES string of the molecule is CNCCN1C(=O)C(C)SC1c1cc(OC)ccc1OC. The Morgan fingerprint density at radius 2 is 2.10 bits per heavy atom. The van der Waals surface area contributed by atoms with Crippen molar-refractivity contribution in [3.8, 4) is 11.5 Å². The minimum absolute atomic E-state index is 0.0362. The summed E-state index contributed by atoms with van der Waals surface area (Å²) >= 11 is 1.65. The highest BCUT2D eigenvalue weighted by Crippen LogP contribution is 2.46. The van der Waals surface area contributed by atoms with Crippen LogP contribution in [0.2, 0.25) is 0 Å². The van der Waals surface area contributed by atoms with Crippen molar-refractivity contribution in [1.82, 2.24) is 10.2 Å². The van der Waals surface area contributed by atoms with E-state index in [1.54, 1.807) is 26.0 Å². The first-order valence-electron chi connectivity index (χ1n) is 6.94. The number of hydrogen-bond donors (Lipinski definition) is 1. The molecule has 1 aromatic rings. The topological polar surface area (TPSA) is 50.8 Å². The van der Waals surface area contributed by atoms with Crippen molar-refractivity contribution in [3.63, 3.8) is 0 Å². The zero-order valence-electron chi connectivity index (χ0n) is 12.9. The zero-order valence-corrected chi connectivity index (χ0v) is 13.7. The largest absolute Gasteiger partial charge is 0.497 e. The number of nitrogens with zero attached hydrogens (tertiary/aromatic N) is 1. The molecule has 1 aliphatic heterocycles. The fourth-order valence-corrected chi connectivity index (χ4v) is 3.73. The molecule has 21 heavy (non-hydrogen) atoms. The molecule has 1 aromatic carbocycles. The number of hydrogen-bond acceptors (Lipinski definition) is 5. The third-order valence-corrected chi connectivity index (χ3v) is 4.93. The first-order valence-corrected chi connectivity index (χ1v) is 7.89. The van der Waals surface area contributed by atoms with E-state index in [0.29, 0.717) is 6.54 Å². The number of methoxy groups -OCH3 is 2. The lowest BCUT2D eigenvalue weighted by Gasteiger charge is -2.25. The first-order chi connectivity index (χ1) is 10.1. The molecule has 1 amide bonds. The Labute approximate surface area is 130 Å². The Morgan fingerprint density at radius 3 is 2.71 bits per heavy atom. The molecule has 6 heteroatoms. The van der Waals surface area contributed by atoms with E-state index in [9.17, 15) is 4.79 Å². The normalized spacial score (nSPS) is 21.7. The van der Waals surface area contributed by atoms with Gasteiger partial charge in [0.25, 0.3) is 0 Å². The van der Waals surface area contributed by atoms with Gasteiger partial charge in [0.2, 0.25) is 5.91 Å².